The second-order valence-corrected chi connectivity index (χ2v) is 5.89. The van der Waals surface area contributed by atoms with Crippen molar-refractivity contribution in [1.82, 2.24) is 4.98 Å². The highest BCUT2D eigenvalue weighted by Crippen LogP contribution is 2.30. The minimum atomic E-state index is -0.997. The molecule has 0 aliphatic heterocycles. The molecule has 1 heterocycles. The first-order chi connectivity index (χ1) is 13.5. The van der Waals surface area contributed by atoms with Gasteiger partial charge in [0.1, 0.15) is 5.75 Å². The van der Waals surface area contributed by atoms with E-state index in [1.54, 1.807) is 30.3 Å². The number of hydrogen-bond acceptors (Lipinski definition) is 4. The number of carboxylic acids is 1. The lowest BCUT2D eigenvalue weighted by molar-refractivity contribution is -0.137. The monoisotopic (exact) mass is 385 g/mol. The number of carboxylic acid groups (broad SMARTS) is 1. The maximum absolute atomic E-state index is 14.3. The van der Waals surface area contributed by atoms with Gasteiger partial charge in [0.15, 0.2) is 17.4 Å². The number of hydrogen-bond donors (Lipinski definition) is 1. The number of nitrogens with zero attached hydrogens (tertiary/aromatic N) is 1. The molecule has 3 aromatic rings. The molecule has 1 aromatic heterocycles. The molecule has 0 atom stereocenters. The fourth-order valence-corrected chi connectivity index (χ4v) is 2.49. The number of benzene rings is 2. The minimum absolute atomic E-state index is 0.0991. The van der Waals surface area contributed by atoms with Gasteiger partial charge in [-0.25, -0.2) is 13.8 Å². The lowest BCUT2D eigenvalue weighted by Gasteiger charge is -2.10. The molecule has 0 bridgehead atoms. The van der Waals surface area contributed by atoms with Crippen molar-refractivity contribution in [3.05, 3.63) is 72.3 Å². The van der Waals surface area contributed by atoms with E-state index >= 15 is 0 Å². The zero-order valence-electron chi connectivity index (χ0n) is 14.8. The summed E-state index contributed by atoms with van der Waals surface area (Å²) in [6, 6.07) is 16.2. The van der Waals surface area contributed by atoms with Gasteiger partial charge in [-0.1, -0.05) is 24.3 Å². The second kappa shape index (κ2) is 8.94. The highest BCUT2D eigenvalue weighted by Gasteiger charge is 2.15. The highest BCUT2D eigenvalue weighted by atomic mass is 19.1. The molecule has 0 radical (unpaired) electrons. The summed E-state index contributed by atoms with van der Waals surface area (Å²) in [5, 5.41) is 8.58. The van der Waals surface area contributed by atoms with Gasteiger partial charge in [0.05, 0.1) is 12.3 Å². The van der Waals surface area contributed by atoms with Gasteiger partial charge in [0, 0.05) is 18.1 Å². The van der Waals surface area contributed by atoms with Gasteiger partial charge in [-0.3, -0.25) is 4.79 Å². The predicted molar refractivity (Wildman–Crippen MR) is 98.5 cm³/mol. The van der Waals surface area contributed by atoms with Crippen molar-refractivity contribution in [2.24, 2.45) is 0 Å². The Bertz CT molecular complexity index is 941. The Hall–Kier alpha value is -3.48. The van der Waals surface area contributed by atoms with Crippen LogP contribution in [0.25, 0.3) is 11.3 Å². The van der Waals surface area contributed by atoms with Crippen LogP contribution in [0.2, 0.25) is 0 Å². The Kier molecular flexibility index (Phi) is 6.16. The molecule has 2 aromatic carbocycles. The molecule has 0 aliphatic rings. The van der Waals surface area contributed by atoms with Crippen LogP contribution in [-0.2, 0) is 4.79 Å². The average Bonchev–Trinajstić information content (AvgIpc) is 2.67. The Morgan fingerprint density at radius 2 is 1.71 bits per heavy atom. The van der Waals surface area contributed by atoms with Crippen molar-refractivity contribution in [3.8, 4) is 28.6 Å². The molecule has 0 aliphatic carbocycles. The van der Waals surface area contributed by atoms with Gasteiger partial charge < -0.3 is 14.6 Å². The smallest absolute Gasteiger partial charge is 0.303 e. The average molecular weight is 385 g/mol. The van der Waals surface area contributed by atoms with Gasteiger partial charge in [-0.15, -0.1) is 0 Å². The molecule has 0 unspecified atom stereocenters. The van der Waals surface area contributed by atoms with Crippen molar-refractivity contribution in [1.29, 1.82) is 0 Å². The highest BCUT2D eigenvalue weighted by molar-refractivity contribution is 5.66. The van der Waals surface area contributed by atoms with E-state index in [-0.39, 0.29) is 25.0 Å². The van der Waals surface area contributed by atoms with Gasteiger partial charge in [0.25, 0.3) is 0 Å². The molecule has 28 heavy (non-hydrogen) atoms. The zero-order chi connectivity index (χ0) is 19.9. The van der Waals surface area contributed by atoms with Crippen molar-refractivity contribution in [3.63, 3.8) is 0 Å². The maximum Gasteiger partial charge on any atom is 0.303 e. The molecular formula is C21H17F2NO4. The molecule has 0 saturated carbocycles. The zero-order valence-corrected chi connectivity index (χ0v) is 14.8. The quantitative estimate of drug-likeness (QED) is 0.549. The lowest BCUT2D eigenvalue weighted by atomic mass is 10.1. The summed E-state index contributed by atoms with van der Waals surface area (Å²) in [5.41, 5.74) is 0.565. The van der Waals surface area contributed by atoms with Gasteiger partial charge in [-0.05, 0) is 36.8 Å². The van der Waals surface area contributed by atoms with E-state index in [4.69, 9.17) is 14.6 Å². The fourth-order valence-electron chi connectivity index (χ4n) is 2.49. The number of aliphatic carboxylic acids is 1. The summed E-state index contributed by atoms with van der Waals surface area (Å²) in [4.78, 5) is 14.8. The number of ether oxygens (including phenoxy) is 2. The molecule has 0 spiro atoms. The van der Waals surface area contributed by atoms with Gasteiger partial charge >= 0.3 is 5.97 Å². The summed E-state index contributed by atoms with van der Waals surface area (Å²) in [7, 11) is 0. The summed E-state index contributed by atoms with van der Waals surface area (Å²) in [6.45, 7) is -0.0991. The summed E-state index contributed by atoms with van der Waals surface area (Å²) >= 11 is 0. The number of aromatic nitrogens is 1. The molecule has 7 heteroatoms. The van der Waals surface area contributed by atoms with Crippen LogP contribution in [0.5, 0.6) is 17.4 Å². The van der Waals surface area contributed by atoms with E-state index < -0.39 is 23.4 Å². The summed E-state index contributed by atoms with van der Waals surface area (Å²) in [6.07, 6.45) is 0.00976. The van der Waals surface area contributed by atoms with Gasteiger partial charge in [0.2, 0.25) is 5.88 Å². The van der Waals surface area contributed by atoms with Crippen LogP contribution in [0, 0.1) is 11.6 Å². The maximum atomic E-state index is 14.3. The Balaban J connectivity index is 1.76. The third-order valence-corrected chi connectivity index (χ3v) is 3.76. The SMILES string of the molecule is O=C(O)CCCOc1c(F)cc(-c2cccc(Oc3ccccc3)n2)cc1F. The van der Waals surface area contributed by atoms with Crippen LogP contribution in [0.4, 0.5) is 8.78 Å². The number of pyridine rings is 1. The minimum Gasteiger partial charge on any atom is -0.488 e. The summed E-state index contributed by atoms with van der Waals surface area (Å²) < 4.78 is 39.3. The van der Waals surface area contributed by atoms with E-state index in [9.17, 15) is 13.6 Å². The topological polar surface area (TPSA) is 68.7 Å². The number of halogens is 2. The molecule has 1 N–H and O–H groups in total. The Labute approximate surface area is 160 Å². The van der Waals surface area contributed by atoms with Crippen LogP contribution in [0.1, 0.15) is 12.8 Å². The van der Waals surface area contributed by atoms with Crippen molar-refractivity contribution >= 4 is 5.97 Å². The van der Waals surface area contributed by atoms with E-state index in [0.717, 1.165) is 12.1 Å². The van der Waals surface area contributed by atoms with E-state index in [1.807, 2.05) is 18.2 Å². The van der Waals surface area contributed by atoms with Crippen molar-refractivity contribution in [2.45, 2.75) is 12.8 Å². The second-order valence-electron chi connectivity index (χ2n) is 5.89. The molecule has 0 fully saturated rings. The Morgan fingerprint density at radius 3 is 2.39 bits per heavy atom. The van der Waals surface area contributed by atoms with E-state index in [2.05, 4.69) is 4.98 Å². The lowest BCUT2D eigenvalue weighted by Crippen LogP contribution is -2.05. The van der Waals surface area contributed by atoms with Crippen LogP contribution >= 0.6 is 0 Å². The first-order valence-corrected chi connectivity index (χ1v) is 8.57. The standard InChI is InChI=1S/C21H17F2NO4/c22-16-12-14(13-17(23)21(16)27-11-5-10-20(25)26)18-8-4-9-19(24-18)28-15-6-2-1-3-7-15/h1-4,6-9,12-13H,5,10-11H2,(H,25,26). The molecule has 144 valence electrons. The largest absolute Gasteiger partial charge is 0.488 e. The molecule has 3 rings (SSSR count). The normalized spacial score (nSPS) is 10.5. The molecule has 0 saturated heterocycles. The third-order valence-electron chi connectivity index (χ3n) is 3.76. The van der Waals surface area contributed by atoms with Crippen LogP contribution in [0.15, 0.2) is 60.7 Å². The van der Waals surface area contributed by atoms with Gasteiger partial charge in [-0.2, -0.15) is 0 Å². The molecular weight excluding hydrogens is 368 g/mol. The van der Waals surface area contributed by atoms with E-state index in [0.29, 0.717) is 17.3 Å². The Morgan fingerprint density at radius 1 is 1.00 bits per heavy atom. The number of para-hydroxylation sites is 1. The third kappa shape index (κ3) is 5.03. The van der Waals surface area contributed by atoms with Crippen molar-refractivity contribution in [2.75, 3.05) is 6.61 Å². The van der Waals surface area contributed by atoms with Crippen LogP contribution in [0.3, 0.4) is 0 Å². The first-order valence-electron chi connectivity index (χ1n) is 8.57. The van der Waals surface area contributed by atoms with Crippen LogP contribution < -0.4 is 9.47 Å². The number of carbonyl (C=O) groups is 1. The molecule has 5 nitrogen and oxygen atoms in total. The van der Waals surface area contributed by atoms with E-state index in [1.165, 1.54) is 0 Å². The predicted octanol–water partition coefficient (Wildman–Crippen LogP) is 5.06. The van der Waals surface area contributed by atoms with Crippen LogP contribution in [-0.4, -0.2) is 22.7 Å². The first kappa shape index (κ1) is 19.3. The van der Waals surface area contributed by atoms with Crippen molar-refractivity contribution < 1.29 is 28.2 Å². The number of rotatable bonds is 8. The summed E-state index contributed by atoms with van der Waals surface area (Å²) in [5.74, 6) is -2.43. The molecule has 0 amide bonds. The fraction of sp³-hybridized carbons (Fsp3) is 0.143.